The van der Waals surface area contributed by atoms with Gasteiger partial charge in [-0.05, 0) is 60.8 Å². The molecule has 5 atom stereocenters. The van der Waals surface area contributed by atoms with Crippen LogP contribution >= 0.6 is 0 Å². The van der Waals surface area contributed by atoms with Gasteiger partial charge in [0.1, 0.15) is 11.4 Å². The lowest BCUT2D eigenvalue weighted by Crippen LogP contribution is -2.42. The Kier molecular flexibility index (Phi) is 7.82. The van der Waals surface area contributed by atoms with E-state index in [-0.39, 0.29) is 28.2 Å². The number of benzene rings is 2. The molecular formula is C28H36N4O5S2. The van der Waals surface area contributed by atoms with Gasteiger partial charge in [-0.1, -0.05) is 44.1 Å². The van der Waals surface area contributed by atoms with Crippen molar-refractivity contribution in [1.82, 2.24) is 8.61 Å². The Morgan fingerprint density at radius 3 is 1.82 bits per heavy atom. The summed E-state index contributed by atoms with van der Waals surface area (Å²) in [4.78, 5) is 0.623. The van der Waals surface area contributed by atoms with E-state index in [2.05, 4.69) is 38.0 Å². The van der Waals surface area contributed by atoms with Crippen molar-refractivity contribution in [3.63, 3.8) is 0 Å². The summed E-state index contributed by atoms with van der Waals surface area (Å²) in [7, 11) is -3.80. The summed E-state index contributed by atoms with van der Waals surface area (Å²) in [6, 6.07) is 9.71. The molecule has 0 aromatic heterocycles. The van der Waals surface area contributed by atoms with Gasteiger partial charge in [-0.25, -0.2) is 8.42 Å². The number of oxime groups is 2. The first-order valence-electron chi connectivity index (χ1n) is 13.4. The van der Waals surface area contributed by atoms with Crippen molar-refractivity contribution in [3.05, 3.63) is 58.7 Å². The average molecular weight is 573 g/mol. The van der Waals surface area contributed by atoms with Gasteiger partial charge in [0, 0.05) is 54.5 Å². The summed E-state index contributed by atoms with van der Waals surface area (Å²) in [6.45, 7) is 10.7. The normalized spacial score (nSPS) is 29.3. The summed E-state index contributed by atoms with van der Waals surface area (Å²) < 4.78 is 44.3. The van der Waals surface area contributed by atoms with Crippen LogP contribution in [0.2, 0.25) is 0 Å². The van der Waals surface area contributed by atoms with Crippen LogP contribution in [0.4, 0.5) is 0 Å². The van der Waals surface area contributed by atoms with Crippen LogP contribution in [0.25, 0.3) is 0 Å². The third kappa shape index (κ3) is 5.22. The third-order valence-electron chi connectivity index (χ3n) is 7.95. The maximum Gasteiger partial charge on any atom is 0.243 e. The topological polar surface area (TPSA) is 129 Å². The predicted octanol–water partition coefficient (Wildman–Crippen LogP) is 4.12. The van der Waals surface area contributed by atoms with Gasteiger partial charge < -0.3 is 15.0 Å². The molecule has 9 nitrogen and oxygen atoms in total. The molecule has 2 aromatic carbocycles. The SMILES string of the molecule is C[C@@H]1C[C@H](C)CN([S@@+]([O-])c2ccc3c(c2)/C(=N\O)c2cc(S(=O)(=O)N4C[C@H](C)C[C@H](C)C4)ccc2/C3=N\O)C1. The van der Waals surface area contributed by atoms with Gasteiger partial charge >= 0.3 is 0 Å². The number of hydrogen-bond donors (Lipinski definition) is 2. The van der Waals surface area contributed by atoms with Crippen molar-refractivity contribution in [2.75, 3.05) is 26.2 Å². The van der Waals surface area contributed by atoms with Crippen LogP contribution in [0.5, 0.6) is 0 Å². The summed E-state index contributed by atoms with van der Waals surface area (Å²) in [5.74, 6) is 1.36. The molecule has 0 spiro atoms. The maximum atomic E-state index is 13.6. The van der Waals surface area contributed by atoms with E-state index < -0.39 is 21.4 Å². The van der Waals surface area contributed by atoms with Gasteiger partial charge in [0.15, 0.2) is 4.90 Å². The highest BCUT2D eigenvalue weighted by Gasteiger charge is 2.36. The zero-order valence-electron chi connectivity index (χ0n) is 22.7. The highest BCUT2D eigenvalue weighted by molar-refractivity contribution is 7.89. The Bertz CT molecular complexity index is 1410. The van der Waals surface area contributed by atoms with Gasteiger partial charge in [0.05, 0.1) is 16.3 Å². The van der Waals surface area contributed by atoms with Crippen molar-refractivity contribution in [3.8, 4) is 0 Å². The van der Waals surface area contributed by atoms with E-state index in [1.807, 2.05) is 4.31 Å². The van der Waals surface area contributed by atoms with Crippen molar-refractivity contribution >= 4 is 32.8 Å². The maximum absolute atomic E-state index is 13.6. The Balaban J connectivity index is 1.55. The number of fused-ring (bicyclic) bond motifs is 2. The molecule has 1 aliphatic carbocycles. The summed E-state index contributed by atoms with van der Waals surface area (Å²) in [6.07, 6.45) is 2.07. The van der Waals surface area contributed by atoms with Gasteiger partial charge in [0.25, 0.3) is 0 Å². The molecule has 0 radical (unpaired) electrons. The molecule has 5 rings (SSSR count). The van der Waals surface area contributed by atoms with Crippen molar-refractivity contribution in [1.29, 1.82) is 0 Å². The Morgan fingerprint density at radius 2 is 1.26 bits per heavy atom. The number of nitrogens with zero attached hydrogens (tertiary/aromatic N) is 4. The first-order valence-corrected chi connectivity index (χ1v) is 16.0. The zero-order chi connectivity index (χ0) is 28.1. The first kappa shape index (κ1) is 28.1. The molecule has 11 heteroatoms. The van der Waals surface area contributed by atoms with Crippen LogP contribution in [-0.2, 0) is 21.4 Å². The molecule has 2 aromatic rings. The second kappa shape index (κ2) is 10.9. The average Bonchev–Trinajstić information content (AvgIpc) is 2.89. The predicted molar refractivity (Wildman–Crippen MR) is 150 cm³/mol. The largest absolute Gasteiger partial charge is 0.593 e. The van der Waals surface area contributed by atoms with E-state index in [0.717, 1.165) is 25.9 Å². The molecule has 39 heavy (non-hydrogen) atoms. The molecule has 2 fully saturated rings. The second-order valence-corrected chi connectivity index (χ2v) is 15.0. The first-order chi connectivity index (χ1) is 18.5. The van der Waals surface area contributed by atoms with Crippen LogP contribution in [-0.4, -0.2) is 69.6 Å². The van der Waals surface area contributed by atoms with Crippen LogP contribution in [0, 0.1) is 23.7 Å². The second-order valence-electron chi connectivity index (χ2n) is 11.6. The van der Waals surface area contributed by atoms with Gasteiger partial charge in [-0.3, -0.25) is 0 Å². The molecule has 2 saturated heterocycles. The van der Waals surface area contributed by atoms with Crippen LogP contribution in [0.1, 0.15) is 62.8 Å². The zero-order valence-corrected chi connectivity index (χ0v) is 24.4. The number of piperidine rings is 2. The fraction of sp³-hybridized carbons (Fsp3) is 0.500. The Labute approximate surface area is 233 Å². The molecule has 210 valence electrons. The monoisotopic (exact) mass is 572 g/mol. The summed E-state index contributed by atoms with van der Waals surface area (Å²) in [5, 5.41) is 27.2. The van der Waals surface area contributed by atoms with Crippen molar-refractivity contribution in [2.45, 2.75) is 50.3 Å². The fourth-order valence-electron chi connectivity index (χ4n) is 6.47. The fourth-order valence-corrected chi connectivity index (χ4v) is 9.65. The number of sulfonamides is 1. The molecule has 3 aliphatic rings. The summed E-state index contributed by atoms with van der Waals surface area (Å²) >= 11 is -1.43. The number of hydrogen-bond acceptors (Lipinski definition) is 8. The lowest BCUT2D eigenvalue weighted by Gasteiger charge is -2.34. The van der Waals surface area contributed by atoms with Crippen LogP contribution in [0.3, 0.4) is 0 Å². The minimum atomic E-state index is -3.80. The van der Waals surface area contributed by atoms with Crippen molar-refractivity contribution in [2.24, 2.45) is 34.0 Å². The highest BCUT2D eigenvalue weighted by atomic mass is 32.2. The molecule has 2 aliphatic heterocycles. The van der Waals surface area contributed by atoms with E-state index in [4.69, 9.17) is 0 Å². The lowest BCUT2D eigenvalue weighted by atomic mass is 9.83. The minimum Gasteiger partial charge on any atom is -0.593 e. The summed E-state index contributed by atoms with van der Waals surface area (Å²) in [5.41, 5.74) is 2.09. The van der Waals surface area contributed by atoms with Gasteiger partial charge in [-0.15, -0.1) is 4.31 Å². The van der Waals surface area contributed by atoms with E-state index in [1.54, 1.807) is 24.3 Å². The van der Waals surface area contributed by atoms with Crippen LogP contribution < -0.4 is 0 Å². The minimum absolute atomic E-state index is 0.0838. The van der Waals surface area contributed by atoms with E-state index >= 15 is 0 Å². The lowest BCUT2D eigenvalue weighted by molar-refractivity contribution is 0.222. The van der Waals surface area contributed by atoms with Gasteiger partial charge in [0.2, 0.25) is 10.0 Å². The molecular weight excluding hydrogens is 536 g/mol. The van der Waals surface area contributed by atoms with Gasteiger partial charge in [-0.2, -0.15) is 4.31 Å². The number of rotatable bonds is 4. The van der Waals surface area contributed by atoms with E-state index in [0.29, 0.717) is 52.1 Å². The molecule has 2 N–H and O–H groups in total. The third-order valence-corrected chi connectivity index (χ3v) is 11.2. The van der Waals surface area contributed by atoms with Crippen LogP contribution in [0.15, 0.2) is 56.5 Å². The standard InChI is InChI=1S/C28H36N4O5S2/c1-17-9-18(2)14-31(13-17)38(35)21-5-7-23-25(11-21)28(30-34)26-12-22(6-8-24(26)27(23)29-33)39(36,37)32-15-19(3)10-20(4)16-32/h5-8,11-12,17-20,33-34H,9-10,13-16H2,1-4H3/b29-27-,30-28+/t17-,18+,19-,20+,38-/m0/s1. The van der Waals surface area contributed by atoms with E-state index in [1.165, 1.54) is 16.4 Å². The Hall–Kier alpha value is -2.44. The molecule has 0 amide bonds. The van der Waals surface area contributed by atoms with E-state index in [9.17, 15) is 23.4 Å². The molecule has 0 unspecified atom stereocenters. The molecule has 2 heterocycles. The quantitative estimate of drug-likeness (QED) is 0.275. The Morgan fingerprint density at radius 1 is 0.769 bits per heavy atom. The highest BCUT2D eigenvalue weighted by Crippen LogP contribution is 2.35. The smallest absolute Gasteiger partial charge is 0.243 e. The molecule has 0 bridgehead atoms. The molecule has 0 saturated carbocycles. The van der Waals surface area contributed by atoms with Crippen molar-refractivity contribution < 1.29 is 23.4 Å².